The molecule has 1 aliphatic heterocycles. The Morgan fingerprint density at radius 1 is 1.26 bits per heavy atom. The van der Waals surface area contributed by atoms with Gasteiger partial charge >= 0.3 is 5.97 Å². The number of nitrogens with zero attached hydrogens (tertiary/aromatic N) is 1. The minimum atomic E-state index is -1.03. The zero-order valence-corrected chi connectivity index (χ0v) is 12.4. The van der Waals surface area contributed by atoms with E-state index < -0.39 is 5.97 Å². The van der Waals surface area contributed by atoms with Gasteiger partial charge in [-0.1, -0.05) is 24.3 Å². The second-order valence-electron chi connectivity index (χ2n) is 5.12. The third kappa shape index (κ3) is 3.30. The molecule has 0 aromatic heterocycles. The number of allylic oxidation sites excluding steroid dienone is 1. The van der Waals surface area contributed by atoms with Crippen molar-refractivity contribution in [2.75, 3.05) is 6.54 Å². The number of rotatable bonds is 5. The van der Waals surface area contributed by atoms with Gasteiger partial charge in [-0.05, 0) is 41.0 Å². The van der Waals surface area contributed by atoms with E-state index in [2.05, 4.69) is 4.99 Å². The van der Waals surface area contributed by atoms with Crippen LogP contribution in [0.1, 0.15) is 21.5 Å². The Balaban J connectivity index is 1.95. The summed E-state index contributed by atoms with van der Waals surface area (Å²) >= 11 is 0. The van der Waals surface area contributed by atoms with Crippen molar-refractivity contribution in [1.29, 1.82) is 0 Å². The van der Waals surface area contributed by atoms with Crippen LogP contribution in [0, 0.1) is 0 Å². The summed E-state index contributed by atoms with van der Waals surface area (Å²) < 4.78 is 5.74. The quantitative estimate of drug-likeness (QED) is 0.888. The molecule has 23 heavy (non-hydrogen) atoms. The first kappa shape index (κ1) is 15.0. The maximum absolute atomic E-state index is 11.5. The van der Waals surface area contributed by atoms with Gasteiger partial charge in [-0.15, -0.1) is 0 Å². The molecular formula is C18H16N2O3. The highest BCUT2D eigenvalue weighted by molar-refractivity contribution is 6.12. The summed E-state index contributed by atoms with van der Waals surface area (Å²) in [6.07, 6.45) is 3.69. The van der Waals surface area contributed by atoms with Crippen molar-refractivity contribution in [3.05, 3.63) is 65.2 Å². The summed E-state index contributed by atoms with van der Waals surface area (Å²) in [6.45, 7) is 1.03. The molecule has 0 fully saturated rings. The Labute approximate surface area is 133 Å². The Kier molecular flexibility index (Phi) is 4.21. The predicted molar refractivity (Wildman–Crippen MR) is 89.1 cm³/mol. The normalized spacial score (nSPS) is 13.0. The van der Waals surface area contributed by atoms with Crippen molar-refractivity contribution in [3.8, 4) is 11.5 Å². The van der Waals surface area contributed by atoms with Crippen molar-refractivity contribution in [3.63, 3.8) is 0 Å². The molecule has 116 valence electrons. The van der Waals surface area contributed by atoms with Crippen LogP contribution >= 0.6 is 0 Å². The van der Waals surface area contributed by atoms with Crippen molar-refractivity contribution >= 4 is 17.8 Å². The molecule has 2 aromatic rings. The molecule has 1 heterocycles. The lowest BCUT2D eigenvalue weighted by Gasteiger charge is -2.11. The van der Waals surface area contributed by atoms with E-state index in [1.54, 1.807) is 30.5 Å². The molecule has 5 nitrogen and oxygen atoms in total. The summed E-state index contributed by atoms with van der Waals surface area (Å²) in [4.78, 5) is 15.7. The average molecular weight is 308 g/mol. The lowest BCUT2D eigenvalue weighted by molar-refractivity contribution is 0.0694. The first-order chi connectivity index (χ1) is 11.2. The number of aromatic carboxylic acids is 1. The number of aliphatic imine (C=N–C) groups is 1. The van der Waals surface area contributed by atoms with Crippen molar-refractivity contribution in [1.82, 2.24) is 0 Å². The molecule has 0 radical (unpaired) electrons. The standard InChI is InChI=1S/C18H16N2O3/c19-10-12-2-1-3-15(8-12)23-17-5-4-13(9-16(17)18(21)22)14-6-7-20-11-14/h1-6,8-9,11H,7,10,19H2,(H,21,22). The number of nitrogens with two attached hydrogens (primary N) is 1. The van der Waals surface area contributed by atoms with Gasteiger partial charge in [-0.25, -0.2) is 4.79 Å². The van der Waals surface area contributed by atoms with Gasteiger partial charge in [0.15, 0.2) is 0 Å². The molecule has 0 saturated heterocycles. The molecule has 5 heteroatoms. The third-order valence-corrected chi connectivity index (χ3v) is 3.55. The molecular weight excluding hydrogens is 292 g/mol. The zero-order chi connectivity index (χ0) is 16.2. The molecule has 0 aliphatic carbocycles. The second kappa shape index (κ2) is 6.46. The van der Waals surface area contributed by atoms with E-state index in [1.807, 2.05) is 24.3 Å². The minimum absolute atomic E-state index is 0.113. The maximum Gasteiger partial charge on any atom is 0.339 e. The molecule has 1 aliphatic rings. The van der Waals surface area contributed by atoms with Crippen LogP contribution in [0.25, 0.3) is 5.57 Å². The second-order valence-corrected chi connectivity index (χ2v) is 5.12. The Morgan fingerprint density at radius 2 is 2.13 bits per heavy atom. The number of ether oxygens (including phenoxy) is 1. The summed E-state index contributed by atoms with van der Waals surface area (Å²) in [5.74, 6) is -0.178. The van der Waals surface area contributed by atoms with Crippen LogP contribution in [0.15, 0.2) is 53.5 Å². The zero-order valence-electron chi connectivity index (χ0n) is 12.4. The Hall–Kier alpha value is -2.92. The van der Waals surface area contributed by atoms with Gasteiger partial charge < -0.3 is 15.6 Å². The number of hydrogen-bond donors (Lipinski definition) is 2. The lowest BCUT2D eigenvalue weighted by Crippen LogP contribution is -2.02. The van der Waals surface area contributed by atoms with Gasteiger partial charge in [0.1, 0.15) is 17.1 Å². The van der Waals surface area contributed by atoms with E-state index in [0.717, 1.165) is 16.7 Å². The number of carboxylic acid groups (broad SMARTS) is 1. The fourth-order valence-corrected chi connectivity index (χ4v) is 2.38. The number of benzene rings is 2. The molecule has 0 unspecified atom stereocenters. The summed E-state index contributed by atoms with van der Waals surface area (Å²) in [5.41, 5.74) is 8.38. The SMILES string of the molecule is NCc1cccc(Oc2ccc(C3=CCN=C3)cc2C(=O)O)c1. The van der Waals surface area contributed by atoms with Crippen LogP contribution in [0.3, 0.4) is 0 Å². The van der Waals surface area contributed by atoms with Crippen LogP contribution < -0.4 is 10.5 Å². The minimum Gasteiger partial charge on any atom is -0.478 e. The highest BCUT2D eigenvalue weighted by Crippen LogP contribution is 2.29. The molecule has 0 bridgehead atoms. The topological polar surface area (TPSA) is 84.9 Å². The Morgan fingerprint density at radius 3 is 2.83 bits per heavy atom. The lowest BCUT2D eigenvalue weighted by atomic mass is 10.0. The first-order valence-electron chi connectivity index (χ1n) is 7.22. The van der Waals surface area contributed by atoms with Gasteiger partial charge in [0.25, 0.3) is 0 Å². The maximum atomic E-state index is 11.5. The summed E-state index contributed by atoms with van der Waals surface area (Å²) in [5, 5.41) is 9.46. The largest absolute Gasteiger partial charge is 0.478 e. The van der Waals surface area contributed by atoms with Crippen molar-refractivity contribution in [2.24, 2.45) is 10.7 Å². The third-order valence-electron chi connectivity index (χ3n) is 3.55. The smallest absolute Gasteiger partial charge is 0.339 e. The molecule has 2 aromatic carbocycles. The van der Waals surface area contributed by atoms with E-state index in [4.69, 9.17) is 10.5 Å². The van der Waals surface area contributed by atoms with Crippen LogP contribution in [-0.2, 0) is 6.54 Å². The van der Waals surface area contributed by atoms with Crippen LogP contribution in [0.4, 0.5) is 0 Å². The van der Waals surface area contributed by atoms with Crippen LogP contribution in [-0.4, -0.2) is 23.8 Å². The highest BCUT2D eigenvalue weighted by atomic mass is 16.5. The van der Waals surface area contributed by atoms with E-state index in [-0.39, 0.29) is 5.56 Å². The van der Waals surface area contributed by atoms with E-state index >= 15 is 0 Å². The first-order valence-corrected chi connectivity index (χ1v) is 7.22. The van der Waals surface area contributed by atoms with Gasteiger partial charge in [0, 0.05) is 12.8 Å². The predicted octanol–water partition coefficient (Wildman–Crippen LogP) is 3.10. The fraction of sp³-hybridized carbons (Fsp3) is 0.111. The van der Waals surface area contributed by atoms with Crippen LogP contribution in [0.5, 0.6) is 11.5 Å². The summed E-state index contributed by atoms with van der Waals surface area (Å²) in [6, 6.07) is 12.4. The molecule has 3 N–H and O–H groups in total. The van der Waals surface area contributed by atoms with E-state index in [1.165, 1.54) is 0 Å². The fourth-order valence-electron chi connectivity index (χ4n) is 2.38. The number of hydrogen-bond acceptors (Lipinski definition) is 4. The number of carboxylic acids is 1. The van der Waals surface area contributed by atoms with Gasteiger partial charge in [-0.2, -0.15) is 0 Å². The van der Waals surface area contributed by atoms with Crippen LogP contribution in [0.2, 0.25) is 0 Å². The van der Waals surface area contributed by atoms with Gasteiger partial charge in [-0.3, -0.25) is 4.99 Å². The molecule has 0 saturated carbocycles. The van der Waals surface area contributed by atoms with E-state index in [0.29, 0.717) is 24.6 Å². The Bertz CT molecular complexity index is 810. The number of carbonyl (C=O) groups is 1. The highest BCUT2D eigenvalue weighted by Gasteiger charge is 2.15. The molecule has 0 atom stereocenters. The molecule has 0 spiro atoms. The van der Waals surface area contributed by atoms with Crippen molar-refractivity contribution < 1.29 is 14.6 Å². The van der Waals surface area contributed by atoms with Crippen molar-refractivity contribution in [2.45, 2.75) is 6.54 Å². The summed E-state index contributed by atoms with van der Waals surface area (Å²) in [7, 11) is 0. The average Bonchev–Trinajstić information content (AvgIpc) is 3.09. The van der Waals surface area contributed by atoms with E-state index in [9.17, 15) is 9.90 Å². The monoisotopic (exact) mass is 308 g/mol. The molecule has 0 amide bonds. The molecule has 3 rings (SSSR count). The van der Waals surface area contributed by atoms with Gasteiger partial charge in [0.05, 0.1) is 6.54 Å². The van der Waals surface area contributed by atoms with Gasteiger partial charge in [0.2, 0.25) is 0 Å².